The molecule has 0 aliphatic rings. The first-order valence-electron chi connectivity index (χ1n) is 6.32. The number of nitro benzene ring substituents is 1. The summed E-state index contributed by atoms with van der Waals surface area (Å²) in [6, 6.07) is 6.36. The summed E-state index contributed by atoms with van der Waals surface area (Å²) in [6.07, 6.45) is 1.66. The minimum atomic E-state index is -0.417. The van der Waals surface area contributed by atoms with Gasteiger partial charge in [0.2, 0.25) is 0 Å². The number of nitrogens with zero attached hydrogens (tertiary/aromatic N) is 4. The fraction of sp³-hybridized carbons (Fsp3) is 0.385. The molecule has 20 heavy (non-hydrogen) atoms. The molecule has 0 atom stereocenters. The molecule has 0 saturated carbocycles. The van der Waals surface area contributed by atoms with Crippen molar-refractivity contribution < 1.29 is 4.92 Å². The summed E-state index contributed by atoms with van der Waals surface area (Å²) in [6.45, 7) is 5.09. The average molecular weight is 292 g/mol. The van der Waals surface area contributed by atoms with Gasteiger partial charge in [0.1, 0.15) is 6.33 Å². The monoisotopic (exact) mass is 292 g/mol. The zero-order valence-corrected chi connectivity index (χ0v) is 12.2. The normalized spacial score (nSPS) is 10.9. The third kappa shape index (κ3) is 3.80. The van der Waals surface area contributed by atoms with Gasteiger partial charge in [-0.05, 0) is 5.25 Å². The van der Waals surface area contributed by atoms with Gasteiger partial charge in [0.15, 0.2) is 5.82 Å². The fourth-order valence-electron chi connectivity index (χ4n) is 1.68. The van der Waals surface area contributed by atoms with Crippen LogP contribution in [-0.4, -0.2) is 30.7 Å². The lowest BCUT2D eigenvalue weighted by atomic mass is 10.2. The summed E-state index contributed by atoms with van der Waals surface area (Å²) in [5.74, 6) is 1.48. The van der Waals surface area contributed by atoms with Crippen molar-refractivity contribution in [2.75, 3.05) is 5.75 Å². The number of hydrogen-bond donors (Lipinski definition) is 0. The molecule has 0 amide bonds. The topological polar surface area (TPSA) is 73.8 Å². The Labute approximate surface area is 121 Å². The van der Waals surface area contributed by atoms with Crippen LogP contribution in [0.5, 0.6) is 0 Å². The van der Waals surface area contributed by atoms with Crippen LogP contribution >= 0.6 is 11.8 Å². The summed E-state index contributed by atoms with van der Waals surface area (Å²) < 4.78 is 1.77. The molecule has 2 rings (SSSR count). The van der Waals surface area contributed by atoms with E-state index in [1.165, 1.54) is 12.1 Å². The number of non-ortho nitro benzene ring substituents is 1. The van der Waals surface area contributed by atoms with Crippen molar-refractivity contribution in [1.29, 1.82) is 0 Å². The second-order valence-corrected chi connectivity index (χ2v) is 6.24. The van der Waals surface area contributed by atoms with Crippen molar-refractivity contribution in [1.82, 2.24) is 14.8 Å². The lowest BCUT2D eigenvalue weighted by Gasteiger charge is -2.03. The summed E-state index contributed by atoms with van der Waals surface area (Å²) in [7, 11) is 0. The average Bonchev–Trinajstić information content (AvgIpc) is 2.87. The summed E-state index contributed by atoms with van der Waals surface area (Å²) >= 11 is 1.86. The highest BCUT2D eigenvalue weighted by Gasteiger charge is 2.10. The smallest absolute Gasteiger partial charge is 0.258 e. The van der Waals surface area contributed by atoms with Gasteiger partial charge in [-0.2, -0.15) is 16.9 Å². The number of thioether (sulfide) groups is 1. The molecule has 0 aliphatic heterocycles. The van der Waals surface area contributed by atoms with E-state index in [4.69, 9.17) is 0 Å². The van der Waals surface area contributed by atoms with Crippen LogP contribution in [0.3, 0.4) is 0 Å². The van der Waals surface area contributed by atoms with Crippen molar-refractivity contribution >= 4 is 17.4 Å². The minimum Gasteiger partial charge on any atom is -0.258 e. The van der Waals surface area contributed by atoms with Gasteiger partial charge in [0.05, 0.1) is 11.5 Å². The highest BCUT2D eigenvalue weighted by molar-refractivity contribution is 7.99. The predicted molar refractivity (Wildman–Crippen MR) is 79.7 cm³/mol. The van der Waals surface area contributed by atoms with Gasteiger partial charge in [-0.25, -0.2) is 4.98 Å². The molecule has 0 N–H and O–H groups in total. The highest BCUT2D eigenvalue weighted by Crippen LogP contribution is 2.20. The van der Waals surface area contributed by atoms with E-state index >= 15 is 0 Å². The lowest BCUT2D eigenvalue weighted by Crippen LogP contribution is -2.03. The molecule has 1 aromatic heterocycles. The molecule has 0 radical (unpaired) electrons. The van der Waals surface area contributed by atoms with Crippen molar-refractivity contribution in [3.63, 3.8) is 0 Å². The van der Waals surface area contributed by atoms with Gasteiger partial charge in [-0.15, -0.1) is 0 Å². The van der Waals surface area contributed by atoms with E-state index in [-0.39, 0.29) is 5.69 Å². The largest absolute Gasteiger partial charge is 0.270 e. The number of nitro groups is 1. The Morgan fingerprint density at radius 3 is 2.95 bits per heavy atom. The van der Waals surface area contributed by atoms with Gasteiger partial charge < -0.3 is 0 Å². The van der Waals surface area contributed by atoms with Gasteiger partial charge >= 0.3 is 0 Å². The van der Waals surface area contributed by atoms with E-state index in [0.29, 0.717) is 16.6 Å². The number of rotatable bonds is 6. The van der Waals surface area contributed by atoms with E-state index < -0.39 is 4.92 Å². The summed E-state index contributed by atoms with van der Waals surface area (Å²) in [5, 5.41) is 15.7. The molecule has 0 bridgehead atoms. The van der Waals surface area contributed by atoms with Crippen molar-refractivity contribution in [2.24, 2.45) is 0 Å². The fourth-order valence-corrected chi connectivity index (χ4v) is 2.44. The van der Waals surface area contributed by atoms with E-state index in [1.54, 1.807) is 23.1 Å². The molecule has 0 unspecified atom stereocenters. The number of benzene rings is 1. The molecular weight excluding hydrogens is 276 g/mol. The number of aromatic nitrogens is 3. The molecule has 0 spiro atoms. The van der Waals surface area contributed by atoms with Gasteiger partial charge in [-0.3, -0.25) is 14.8 Å². The van der Waals surface area contributed by atoms with Crippen LogP contribution < -0.4 is 0 Å². The van der Waals surface area contributed by atoms with Crippen molar-refractivity contribution in [3.05, 3.63) is 40.7 Å². The minimum absolute atomic E-state index is 0.0502. The molecule has 1 heterocycles. The van der Waals surface area contributed by atoms with E-state index in [2.05, 4.69) is 23.9 Å². The van der Waals surface area contributed by atoms with E-state index in [1.807, 2.05) is 11.8 Å². The SMILES string of the molecule is CC(C)SCCn1cnc(-c2cccc([N+](=O)[O-])c2)n1. The number of hydrogen-bond acceptors (Lipinski definition) is 5. The first-order valence-corrected chi connectivity index (χ1v) is 7.37. The van der Waals surface area contributed by atoms with Crippen LogP contribution in [0.1, 0.15) is 13.8 Å². The quantitative estimate of drug-likeness (QED) is 0.604. The number of aryl methyl sites for hydroxylation is 1. The maximum atomic E-state index is 10.8. The van der Waals surface area contributed by atoms with Crippen LogP contribution in [0.4, 0.5) is 5.69 Å². The first-order chi connectivity index (χ1) is 9.56. The molecule has 2 aromatic rings. The molecule has 6 nitrogen and oxygen atoms in total. The van der Waals surface area contributed by atoms with E-state index in [9.17, 15) is 10.1 Å². The van der Waals surface area contributed by atoms with Crippen LogP contribution in [0.2, 0.25) is 0 Å². The molecule has 1 aromatic carbocycles. The van der Waals surface area contributed by atoms with Crippen LogP contribution in [0, 0.1) is 10.1 Å². The molecule has 106 valence electrons. The molecule has 7 heteroatoms. The maximum absolute atomic E-state index is 10.8. The molecule has 0 saturated heterocycles. The molecule has 0 fully saturated rings. The molecular formula is C13H16N4O2S. The third-order valence-electron chi connectivity index (χ3n) is 2.62. The van der Waals surface area contributed by atoms with Crippen LogP contribution in [-0.2, 0) is 6.54 Å². The van der Waals surface area contributed by atoms with Gasteiger partial charge in [-0.1, -0.05) is 26.0 Å². The van der Waals surface area contributed by atoms with Crippen molar-refractivity contribution in [2.45, 2.75) is 25.6 Å². The second kappa shape index (κ2) is 6.51. The lowest BCUT2D eigenvalue weighted by molar-refractivity contribution is -0.384. The standard InChI is InChI=1S/C13H16N4O2S/c1-10(2)20-7-6-16-9-14-13(15-16)11-4-3-5-12(8-11)17(18)19/h3-5,8-10H,6-7H2,1-2H3. The Morgan fingerprint density at radius 2 is 2.25 bits per heavy atom. The Balaban J connectivity index is 2.08. The summed E-state index contributed by atoms with van der Waals surface area (Å²) in [4.78, 5) is 14.5. The Morgan fingerprint density at radius 1 is 1.45 bits per heavy atom. The third-order valence-corrected chi connectivity index (χ3v) is 3.71. The Kier molecular flexibility index (Phi) is 4.73. The maximum Gasteiger partial charge on any atom is 0.270 e. The Hall–Kier alpha value is -1.89. The second-order valence-electron chi connectivity index (χ2n) is 4.56. The first kappa shape index (κ1) is 14.5. The van der Waals surface area contributed by atoms with Crippen molar-refractivity contribution in [3.8, 4) is 11.4 Å². The summed E-state index contributed by atoms with van der Waals surface area (Å²) in [5.41, 5.74) is 0.712. The molecule has 0 aliphatic carbocycles. The van der Waals surface area contributed by atoms with E-state index in [0.717, 1.165) is 12.3 Å². The predicted octanol–water partition coefficient (Wildman–Crippen LogP) is 2.99. The van der Waals surface area contributed by atoms with Gasteiger partial charge in [0.25, 0.3) is 5.69 Å². The van der Waals surface area contributed by atoms with Crippen LogP contribution in [0.15, 0.2) is 30.6 Å². The van der Waals surface area contributed by atoms with Crippen LogP contribution in [0.25, 0.3) is 11.4 Å². The highest BCUT2D eigenvalue weighted by atomic mass is 32.2. The van der Waals surface area contributed by atoms with Gasteiger partial charge in [0, 0.05) is 23.4 Å². The zero-order chi connectivity index (χ0) is 14.5. The Bertz CT molecular complexity index is 598. The zero-order valence-electron chi connectivity index (χ0n) is 11.4.